The number of hydrogen-bond donors (Lipinski definition) is 2. The first-order chi connectivity index (χ1) is 15.2. The number of halogens is 2. The minimum absolute atomic E-state index is 0.0774. The van der Waals surface area contributed by atoms with Crippen molar-refractivity contribution in [2.24, 2.45) is 16.0 Å². The Kier molecular flexibility index (Phi) is 6.65. The van der Waals surface area contributed by atoms with Gasteiger partial charge in [0.2, 0.25) is 5.92 Å². The van der Waals surface area contributed by atoms with E-state index >= 15 is 0 Å². The maximum Gasteiger partial charge on any atom is 0.338 e. The zero-order valence-electron chi connectivity index (χ0n) is 18.8. The van der Waals surface area contributed by atoms with Gasteiger partial charge in [-0.15, -0.1) is 0 Å². The van der Waals surface area contributed by atoms with Crippen LogP contribution in [0.25, 0.3) is 11.0 Å². The molecule has 33 heavy (non-hydrogen) atoms. The van der Waals surface area contributed by atoms with Gasteiger partial charge in [-0.05, 0) is 37.0 Å². The highest BCUT2D eigenvalue weighted by Crippen LogP contribution is 2.38. The summed E-state index contributed by atoms with van der Waals surface area (Å²) in [5, 5.41) is 8.97. The lowest BCUT2D eigenvalue weighted by Gasteiger charge is -2.30. The zero-order chi connectivity index (χ0) is 24.6. The number of nitrogens with zero attached hydrogens (tertiary/aromatic N) is 3. The predicted molar refractivity (Wildman–Crippen MR) is 121 cm³/mol. The topological polar surface area (TPSA) is 128 Å². The van der Waals surface area contributed by atoms with Gasteiger partial charge < -0.3 is 15.4 Å². The maximum absolute atomic E-state index is 13.6. The molecule has 1 heterocycles. The van der Waals surface area contributed by atoms with Crippen LogP contribution in [-0.4, -0.2) is 41.2 Å². The van der Waals surface area contributed by atoms with Crippen molar-refractivity contribution >= 4 is 33.2 Å². The number of carboxylic acids is 1. The van der Waals surface area contributed by atoms with Gasteiger partial charge in [0.05, 0.1) is 27.7 Å². The van der Waals surface area contributed by atoms with Crippen molar-refractivity contribution in [3.8, 4) is 0 Å². The number of rotatable bonds is 6. The summed E-state index contributed by atoms with van der Waals surface area (Å²) >= 11 is 0. The molecule has 1 saturated carbocycles. The minimum Gasteiger partial charge on any atom is -0.478 e. The van der Waals surface area contributed by atoms with E-state index in [0.29, 0.717) is 36.6 Å². The molecule has 0 radical (unpaired) electrons. The molecule has 0 unspecified atom stereocenters. The number of sulfonamides is 1. The largest absolute Gasteiger partial charge is 0.478 e. The number of aliphatic carboxylic acids is 1. The van der Waals surface area contributed by atoms with Crippen molar-refractivity contribution in [3.63, 3.8) is 0 Å². The molecule has 0 aliphatic heterocycles. The average molecular weight is 483 g/mol. The molecule has 0 atom stereocenters. The van der Waals surface area contributed by atoms with Gasteiger partial charge in [0.1, 0.15) is 5.82 Å². The van der Waals surface area contributed by atoms with Gasteiger partial charge >= 0.3 is 5.97 Å². The Hall–Kier alpha value is -2.82. The van der Waals surface area contributed by atoms with Crippen molar-refractivity contribution in [1.82, 2.24) is 9.55 Å². The Morgan fingerprint density at radius 3 is 2.52 bits per heavy atom. The lowest BCUT2D eigenvalue weighted by atomic mass is 9.86. The molecule has 0 spiro atoms. The summed E-state index contributed by atoms with van der Waals surface area (Å²) in [7, 11) is -4.19. The van der Waals surface area contributed by atoms with Crippen molar-refractivity contribution in [2.45, 2.75) is 69.2 Å². The first-order valence-electron chi connectivity index (χ1n) is 10.6. The highest BCUT2D eigenvalue weighted by molar-refractivity contribution is 7.90. The fraction of sp³-hybridized carbons (Fsp3) is 0.500. The average Bonchev–Trinajstić information content (AvgIpc) is 3.08. The van der Waals surface area contributed by atoms with Crippen LogP contribution in [0.5, 0.6) is 0 Å². The first-order valence-corrected chi connectivity index (χ1v) is 12.0. The van der Waals surface area contributed by atoms with Crippen molar-refractivity contribution in [2.75, 3.05) is 0 Å². The number of hydrogen-bond acceptors (Lipinski definition) is 5. The molecule has 3 N–H and O–H groups in total. The van der Waals surface area contributed by atoms with E-state index < -0.39 is 27.5 Å². The minimum atomic E-state index is -4.19. The molecule has 1 aliphatic rings. The molecule has 1 fully saturated rings. The van der Waals surface area contributed by atoms with Crippen molar-refractivity contribution < 1.29 is 27.1 Å². The first kappa shape index (κ1) is 24.8. The molecular formula is C22H28F2N4O4S. The molecule has 1 aromatic heterocycles. The number of aromatic nitrogens is 2. The number of alkyl halides is 2. The summed E-state index contributed by atoms with van der Waals surface area (Å²) in [5.74, 6) is -3.20. The molecule has 2 aromatic rings. The molecule has 1 aromatic carbocycles. The molecule has 8 nitrogen and oxygen atoms in total. The smallest absolute Gasteiger partial charge is 0.338 e. The van der Waals surface area contributed by atoms with Crippen LogP contribution in [0.3, 0.4) is 0 Å². The normalized spacial score (nSPS) is 18.3. The molecule has 11 heteroatoms. The van der Waals surface area contributed by atoms with E-state index in [2.05, 4.69) is 9.38 Å². The van der Waals surface area contributed by atoms with E-state index in [0.717, 1.165) is 12.0 Å². The van der Waals surface area contributed by atoms with Crippen LogP contribution in [0, 0.1) is 5.92 Å². The number of benzene rings is 1. The van der Waals surface area contributed by atoms with E-state index in [1.807, 2.05) is 25.3 Å². The van der Waals surface area contributed by atoms with Crippen molar-refractivity contribution in [1.29, 1.82) is 0 Å². The van der Waals surface area contributed by atoms with Crippen LogP contribution >= 0.6 is 0 Å². The predicted octanol–water partition coefficient (Wildman–Crippen LogP) is 3.85. The standard InChI is InChI=1S/C22H28F2N4O4S/c1-21(2,3)20-27-17-10-16(33(31,32)26-12-15(11-25)19(29)30)4-5-18(17)28(20)13-14-6-8-22(23,24)9-7-14/h4-5,10-12,14H,6-9,13,25H2,1-3H3,(H,29,30). The van der Waals surface area contributed by atoms with Gasteiger partial charge in [-0.2, -0.15) is 12.8 Å². The molecule has 0 bridgehead atoms. The van der Waals surface area contributed by atoms with Crippen LogP contribution in [0.1, 0.15) is 52.3 Å². The number of carboxylic acid groups (broad SMARTS) is 1. The summed E-state index contributed by atoms with van der Waals surface area (Å²) in [6.45, 7) is 6.46. The lowest BCUT2D eigenvalue weighted by molar-refractivity contribution is -0.132. The molecule has 180 valence electrons. The Morgan fingerprint density at radius 1 is 1.33 bits per heavy atom. The summed E-state index contributed by atoms with van der Waals surface area (Å²) in [6.07, 6.45) is 2.00. The van der Waals surface area contributed by atoms with Gasteiger partial charge in [0.25, 0.3) is 10.0 Å². The molecular weight excluding hydrogens is 454 g/mol. The quantitative estimate of drug-likeness (QED) is 0.476. The summed E-state index contributed by atoms with van der Waals surface area (Å²) in [6, 6.07) is 4.38. The van der Waals surface area contributed by atoms with Crippen LogP contribution in [-0.2, 0) is 26.8 Å². The second kappa shape index (κ2) is 8.85. The second-order valence-corrected chi connectivity index (χ2v) is 11.0. The fourth-order valence-corrected chi connectivity index (χ4v) is 4.80. The van der Waals surface area contributed by atoms with Gasteiger partial charge in [-0.25, -0.2) is 18.6 Å². The van der Waals surface area contributed by atoms with Crippen LogP contribution in [0.15, 0.2) is 39.3 Å². The maximum atomic E-state index is 13.6. The lowest BCUT2D eigenvalue weighted by Crippen LogP contribution is -2.28. The number of imidazole rings is 1. The third kappa shape index (κ3) is 5.58. The van der Waals surface area contributed by atoms with E-state index in [1.54, 1.807) is 6.07 Å². The number of carbonyl (C=O) groups is 1. The van der Waals surface area contributed by atoms with Crippen molar-refractivity contribution in [3.05, 3.63) is 35.8 Å². The zero-order valence-corrected chi connectivity index (χ0v) is 19.6. The third-order valence-electron chi connectivity index (χ3n) is 5.72. The highest BCUT2D eigenvalue weighted by atomic mass is 32.2. The second-order valence-electron chi connectivity index (χ2n) is 9.38. The van der Waals surface area contributed by atoms with Gasteiger partial charge in [-0.1, -0.05) is 20.8 Å². The number of fused-ring (bicyclic) bond motifs is 1. The summed E-state index contributed by atoms with van der Waals surface area (Å²) in [4.78, 5) is 15.5. The van der Waals surface area contributed by atoms with Crippen LogP contribution in [0.2, 0.25) is 0 Å². The van der Waals surface area contributed by atoms with E-state index in [-0.39, 0.29) is 29.1 Å². The molecule has 0 saturated heterocycles. The van der Waals surface area contributed by atoms with Gasteiger partial charge in [0, 0.05) is 31.0 Å². The van der Waals surface area contributed by atoms with Gasteiger partial charge in [0.15, 0.2) is 0 Å². The number of nitrogens with two attached hydrogens (primary N) is 1. The van der Waals surface area contributed by atoms with E-state index in [1.165, 1.54) is 12.1 Å². The third-order valence-corrected chi connectivity index (χ3v) is 6.96. The van der Waals surface area contributed by atoms with E-state index in [4.69, 9.17) is 10.8 Å². The molecule has 1 aliphatic carbocycles. The molecule has 3 rings (SSSR count). The molecule has 0 amide bonds. The monoisotopic (exact) mass is 482 g/mol. The Morgan fingerprint density at radius 2 is 1.97 bits per heavy atom. The van der Waals surface area contributed by atoms with Gasteiger partial charge in [-0.3, -0.25) is 0 Å². The Labute approximate surface area is 191 Å². The van der Waals surface area contributed by atoms with Crippen LogP contribution < -0.4 is 5.73 Å². The SMILES string of the molecule is CC(C)(C)c1nc2cc(S(=O)(=O)N=CC(=CN)C(=O)O)ccc2n1CC1CCC(F)(F)CC1. The highest BCUT2D eigenvalue weighted by Gasteiger charge is 2.35. The summed E-state index contributed by atoms with van der Waals surface area (Å²) in [5.41, 5.74) is 5.50. The van der Waals surface area contributed by atoms with E-state index in [9.17, 15) is 22.0 Å². The summed E-state index contributed by atoms with van der Waals surface area (Å²) < 4.78 is 57.8. The Balaban J connectivity index is 1.99. The van der Waals surface area contributed by atoms with Crippen LogP contribution in [0.4, 0.5) is 8.78 Å². The Bertz CT molecular complexity index is 1220. The fourth-order valence-electron chi connectivity index (χ4n) is 3.92.